The van der Waals surface area contributed by atoms with E-state index in [1.165, 1.54) is 0 Å². The van der Waals surface area contributed by atoms with Crippen LogP contribution in [0.3, 0.4) is 0 Å². The summed E-state index contributed by atoms with van der Waals surface area (Å²) >= 11 is -1.26. The van der Waals surface area contributed by atoms with Crippen LogP contribution in [0.15, 0.2) is 81.3 Å². The van der Waals surface area contributed by atoms with E-state index >= 15 is 0 Å². The standard InChI is InChI=1S/C22H25Si.2CH3.Ti/c1-17-16-22(4,19(3)18(17)2)23(5,20-12-8-6-9-13-20)21-14-10-7-11-15-21;;;/h6-15H,1-5H3;2*1H3;. The van der Waals surface area contributed by atoms with Crippen LogP contribution in [0.25, 0.3) is 0 Å². The summed E-state index contributed by atoms with van der Waals surface area (Å²) in [6, 6.07) is 22.7. The van der Waals surface area contributed by atoms with Gasteiger partial charge in [-0.1, -0.05) is 0 Å². The third-order valence-corrected chi connectivity index (χ3v) is 15.9. The number of hydrogen-bond acceptors (Lipinski definition) is 0. The van der Waals surface area contributed by atoms with Gasteiger partial charge in [-0.3, -0.25) is 0 Å². The Morgan fingerprint density at radius 2 is 1.15 bits per heavy atom. The molecule has 1 aliphatic rings. The molecule has 1 aliphatic carbocycles. The molecule has 2 aromatic rings. The predicted octanol–water partition coefficient (Wildman–Crippen LogP) is 5.98. The van der Waals surface area contributed by atoms with E-state index in [4.69, 9.17) is 0 Å². The quantitative estimate of drug-likeness (QED) is 0.559. The molecular weight excluding hydrogens is 364 g/mol. The van der Waals surface area contributed by atoms with Crippen molar-refractivity contribution in [1.29, 1.82) is 0 Å². The summed E-state index contributed by atoms with van der Waals surface area (Å²) in [5, 5.41) is 8.34. The molecule has 135 valence electrons. The van der Waals surface area contributed by atoms with Crippen LogP contribution in [-0.4, -0.2) is 8.07 Å². The Morgan fingerprint density at radius 3 is 1.54 bits per heavy atom. The van der Waals surface area contributed by atoms with Gasteiger partial charge in [0, 0.05) is 0 Å². The Kier molecular flexibility index (Phi) is 5.36. The fourth-order valence-electron chi connectivity index (χ4n) is 5.19. The van der Waals surface area contributed by atoms with Crippen molar-refractivity contribution in [2.75, 3.05) is 0 Å². The number of allylic oxidation sites excluding steroid dienone is 4. The zero-order valence-corrected chi connectivity index (χ0v) is 19.8. The fourth-order valence-corrected chi connectivity index (χ4v) is 15.5. The molecule has 3 rings (SSSR count). The van der Waals surface area contributed by atoms with E-state index in [2.05, 4.69) is 105 Å². The molecule has 26 heavy (non-hydrogen) atoms. The van der Waals surface area contributed by atoms with Gasteiger partial charge < -0.3 is 0 Å². The van der Waals surface area contributed by atoms with Crippen molar-refractivity contribution in [1.82, 2.24) is 0 Å². The molecule has 0 fully saturated rings. The van der Waals surface area contributed by atoms with Crippen molar-refractivity contribution >= 4 is 18.4 Å². The zero-order valence-electron chi connectivity index (χ0n) is 17.3. The topological polar surface area (TPSA) is 0 Å². The molecule has 0 N–H and O–H groups in total. The van der Waals surface area contributed by atoms with Gasteiger partial charge in [0.15, 0.2) is 0 Å². The molecule has 1 unspecified atom stereocenters. The van der Waals surface area contributed by atoms with Gasteiger partial charge in [0.05, 0.1) is 0 Å². The van der Waals surface area contributed by atoms with E-state index in [1.54, 1.807) is 27.1 Å². The molecule has 0 heterocycles. The van der Waals surface area contributed by atoms with E-state index in [1.807, 2.05) is 3.88 Å². The first-order valence-corrected chi connectivity index (χ1v) is 16.0. The summed E-state index contributed by atoms with van der Waals surface area (Å²) in [7, 11) is -2.04. The van der Waals surface area contributed by atoms with E-state index in [9.17, 15) is 0 Å². The average Bonchev–Trinajstić information content (AvgIpc) is 2.83. The molecule has 0 aliphatic heterocycles. The van der Waals surface area contributed by atoms with Crippen molar-refractivity contribution < 1.29 is 17.9 Å². The Hall–Kier alpha value is -1.15. The molecular formula is C24H31SiTi. The first-order chi connectivity index (χ1) is 12.3. The molecule has 0 nitrogen and oxygen atoms in total. The second-order valence-electron chi connectivity index (χ2n) is 8.23. The van der Waals surface area contributed by atoms with Crippen LogP contribution in [0.4, 0.5) is 0 Å². The molecule has 0 saturated carbocycles. The predicted molar refractivity (Wildman–Crippen MR) is 115 cm³/mol. The summed E-state index contributed by atoms with van der Waals surface area (Å²) in [4.78, 5) is 0. The van der Waals surface area contributed by atoms with Crippen LogP contribution in [0.5, 0.6) is 0 Å². The maximum atomic E-state index is 2.61. The van der Waals surface area contributed by atoms with Crippen molar-refractivity contribution in [3.8, 4) is 0 Å². The minimum absolute atomic E-state index is 0.169. The van der Waals surface area contributed by atoms with Gasteiger partial charge in [0.2, 0.25) is 0 Å². The number of rotatable bonds is 4. The summed E-state index contributed by atoms with van der Waals surface area (Å²) in [5.41, 5.74) is 4.75. The van der Waals surface area contributed by atoms with Gasteiger partial charge in [-0.05, 0) is 0 Å². The summed E-state index contributed by atoms with van der Waals surface area (Å²) in [6.45, 7) is 12.3. The van der Waals surface area contributed by atoms with Gasteiger partial charge in [-0.15, -0.1) is 0 Å². The molecule has 1 atom stereocenters. The minimum atomic E-state index is -2.04. The van der Waals surface area contributed by atoms with E-state index in [0.717, 1.165) is 0 Å². The van der Waals surface area contributed by atoms with E-state index in [0.29, 0.717) is 0 Å². The van der Waals surface area contributed by atoms with Crippen molar-refractivity contribution in [2.45, 2.75) is 49.7 Å². The molecule has 0 saturated heterocycles. The normalized spacial score (nSPS) is 20.7. The average molecular weight is 395 g/mol. The summed E-state index contributed by atoms with van der Waals surface area (Å²) in [6.07, 6.45) is 0. The molecule has 0 radical (unpaired) electrons. The summed E-state index contributed by atoms with van der Waals surface area (Å²) < 4.78 is 1.81. The first-order valence-electron chi connectivity index (χ1n) is 9.57. The summed E-state index contributed by atoms with van der Waals surface area (Å²) in [5.74, 6) is 0. The van der Waals surface area contributed by atoms with Gasteiger partial charge in [-0.25, -0.2) is 0 Å². The monoisotopic (exact) mass is 395 g/mol. The van der Waals surface area contributed by atoms with Crippen molar-refractivity contribution in [3.63, 3.8) is 0 Å². The SMILES string of the molecule is CC1=C(C)C(C)([Si](C)(c2ccccc2)c2ccccc2)[C]([Ti]([CH3])[CH3])=C1C. The Labute approximate surface area is 166 Å². The molecule has 0 bridgehead atoms. The van der Waals surface area contributed by atoms with E-state index in [-0.39, 0.29) is 5.04 Å². The van der Waals surface area contributed by atoms with Gasteiger partial charge in [0.1, 0.15) is 0 Å². The van der Waals surface area contributed by atoms with Gasteiger partial charge >= 0.3 is 167 Å². The van der Waals surface area contributed by atoms with Crippen molar-refractivity contribution in [2.24, 2.45) is 0 Å². The van der Waals surface area contributed by atoms with E-state index < -0.39 is 25.9 Å². The van der Waals surface area contributed by atoms with Crippen LogP contribution >= 0.6 is 0 Å². The Morgan fingerprint density at radius 1 is 0.731 bits per heavy atom. The second-order valence-corrected chi connectivity index (χ2v) is 16.5. The first kappa shape index (κ1) is 19.6. The molecule has 2 aromatic carbocycles. The number of hydrogen-bond donors (Lipinski definition) is 0. The van der Waals surface area contributed by atoms with Gasteiger partial charge in [-0.2, -0.15) is 0 Å². The second kappa shape index (κ2) is 7.11. The molecule has 2 heteroatoms. The molecule has 0 spiro atoms. The van der Waals surface area contributed by atoms with Crippen LogP contribution in [0, 0.1) is 0 Å². The van der Waals surface area contributed by atoms with Gasteiger partial charge in [0.25, 0.3) is 0 Å². The third-order valence-electron chi connectivity index (χ3n) is 6.95. The van der Waals surface area contributed by atoms with Crippen LogP contribution in [0.2, 0.25) is 22.0 Å². The Bertz CT molecular complexity index is 822. The molecule has 0 amide bonds. The van der Waals surface area contributed by atoms with Crippen LogP contribution in [-0.2, 0) is 17.9 Å². The zero-order chi connectivity index (χ0) is 19.1. The molecule has 0 aromatic heterocycles. The fraction of sp³-hybridized carbons (Fsp3) is 0.333. The van der Waals surface area contributed by atoms with Crippen LogP contribution < -0.4 is 10.4 Å². The Balaban J connectivity index is 2.40. The third kappa shape index (κ3) is 2.68. The van der Waals surface area contributed by atoms with Crippen molar-refractivity contribution in [3.05, 3.63) is 81.3 Å². The van der Waals surface area contributed by atoms with Crippen LogP contribution in [0.1, 0.15) is 27.7 Å². The maximum absolute atomic E-state index is 2.61. The number of benzene rings is 2.